The van der Waals surface area contributed by atoms with Gasteiger partial charge in [-0.3, -0.25) is 9.80 Å². The van der Waals surface area contributed by atoms with Crippen LogP contribution < -0.4 is 9.47 Å². The molecule has 5 heteroatoms. The van der Waals surface area contributed by atoms with E-state index in [-0.39, 0.29) is 12.5 Å². The minimum atomic E-state index is 0.0888. The summed E-state index contributed by atoms with van der Waals surface area (Å²) < 4.78 is 19.3. The van der Waals surface area contributed by atoms with Crippen LogP contribution >= 0.6 is 0 Å². The summed E-state index contributed by atoms with van der Waals surface area (Å²) in [5.74, 6) is 1.87. The lowest BCUT2D eigenvalue weighted by Crippen LogP contribution is -2.40. The van der Waals surface area contributed by atoms with Crippen molar-refractivity contribution in [3.8, 4) is 11.5 Å². The average Bonchev–Trinajstić information content (AvgIpc) is 3.00. The van der Waals surface area contributed by atoms with E-state index in [2.05, 4.69) is 61.8 Å². The first-order valence-corrected chi connectivity index (χ1v) is 17.7. The molecule has 238 valence electrons. The molecule has 0 N–H and O–H groups in total. The van der Waals surface area contributed by atoms with Gasteiger partial charge in [-0.05, 0) is 63.0 Å². The quantitative estimate of drug-likeness (QED) is 0.145. The lowest BCUT2D eigenvalue weighted by molar-refractivity contribution is 0.00715. The summed E-state index contributed by atoms with van der Waals surface area (Å²) in [4.78, 5) is 5.04. The number of hydrogen-bond donors (Lipinski definition) is 0. The van der Waals surface area contributed by atoms with Crippen LogP contribution in [0.4, 0.5) is 0 Å². The predicted molar refractivity (Wildman–Crippen MR) is 175 cm³/mol. The lowest BCUT2D eigenvalue weighted by atomic mass is 10.1. The van der Waals surface area contributed by atoms with Crippen LogP contribution in [-0.4, -0.2) is 61.6 Å². The van der Waals surface area contributed by atoms with Crippen LogP contribution in [0.2, 0.25) is 0 Å². The normalized spacial score (nSPS) is 18.7. The zero-order valence-electron chi connectivity index (χ0n) is 27.6. The van der Waals surface area contributed by atoms with E-state index < -0.39 is 0 Å². The molecule has 0 radical (unpaired) electrons. The Morgan fingerprint density at radius 1 is 0.537 bits per heavy atom. The predicted octanol–water partition coefficient (Wildman–Crippen LogP) is 9.83. The zero-order chi connectivity index (χ0) is 29.4. The van der Waals surface area contributed by atoms with Crippen LogP contribution in [0.1, 0.15) is 143 Å². The molecule has 2 unspecified atom stereocenters. The Hall–Kier alpha value is -1.30. The first-order chi connectivity index (χ1) is 20.2. The summed E-state index contributed by atoms with van der Waals surface area (Å²) in [5, 5.41) is 0. The molecule has 2 bridgehead atoms. The van der Waals surface area contributed by atoms with E-state index in [0.717, 1.165) is 76.6 Å². The lowest BCUT2D eigenvalue weighted by Gasteiger charge is -2.32. The maximum Gasteiger partial charge on any atom is 0.152 e. The molecule has 2 heterocycles. The second-order valence-electron chi connectivity index (χ2n) is 12.0. The van der Waals surface area contributed by atoms with Crippen LogP contribution in [0.15, 0.2) is 24.3 Å². The maximum atomic E-state index is 6.61. The highest BCUT2D eigenvalue weighted by atomic mass is 16.5. The molecular formula is C36H66N2O3. The molecule has 5 nitrogen and oxygen atoms in total. The fourth-order valence-electron chi connectivity index (χ4n) is 5.92. The molecule has 2 aliphatic rings. The highest BCUT2D eigenvalue weighted by Gasteiger charge is 2.21. The van der Waals surface area contributed by atoms with Crippen molar-refractivity contribution in [2.24, 2.45) is 0 Å². The van der Waals surface area contributed by atoms with Crippen molar-refractivity contribution in [3.05, 3.63) is 24.3 Å². The van der Waals surface area contributed by atoms with Gasteiger partial charge >= 0.3 is 0 Å². The van der Waals surface area contributed by atoms with Crippen molar-refractivity contribution in [2.45, 2.75) is 156 Å². The summed E-state index contributed by atoms with van der Waals surface area (Å²) in [6, 6.07) is 8.40. The van der Waals surface area contributed by atoms with Gasteiger partial charge in [0.25, 0.3) is 0 Å². The molecule has 0 spiro atoms. The van der Waals surface area contributed by atoms with Gasteiger partial charge in [0.1, 0.15) is 11.5 Å². The first kappa shape index (κ1) is 35.9. The monoisotopic (exact) mass is 575 g/mol. The molecule has 2 atom stereocenters. The summed E-state index contributed by atoms with van der Waals surface area (Å²) >= 11 is 0. The van der Waals surface area contributed by atoms with Crippen molar-refractivity contribution < 1.29 is 14.2 Å². The number of fused-ring (bicyclic) bond motifs is 12. The number of unbranched alkanes of at least 4 members (excludes halogenated alkanes) is 12. The van der Waals surface area contributed by atoms with Gasteiger partial charge < -0.3 is 14.2 Å². The van der Waals surface area contributed by atoms with E-state index in [0.29, 0.717) is 0 Å². The number of benzene rings is 1. The van der Waals surface area contributed by atoms with Crippen molar-refractivity contribution in [3.63, 3.8) is 0 Å². The molecular weight excluding hydrogens is 508 g/mol. The number of rotatable bonds is 20. The van der Waals surface area contributed by atoms with Gasteiger partial charge in [0.15, 0.2) is 12.5 Å². The molecule has 0 saturated heterocycles. The Labute approximate surface area is 254 Å². The Morgan fingerprint density at radius 2 is 0.902 bits per heavy atom. The van der Waals surface area contributed by atoms with E-state index >= 15 is 0 Å². The van der Waals surface area contributed by atoms with Crippen LogP contribution in [0.25, 0.3) is 0 Å². The van der Waals surface area contributed by atoms with Crippen molar-refractivity contribution >= 4 is 0 Å². The number of nitrogens with zero attached hydrogens (tertiary/aromatic N) is 2. The van der Waals surface area contributed by atoms with Gasteiger partial charge in [-0.15, -0.1) is 0 Å². The molecule has 0 aromatic heterocycles. The summed E-state index contributed by atoms with van der Waals surface area (Å²) in [7, 11) is 0. The molecule has 0 amide bonds. The minimum absolute atomic E-state index is 0.0888. The molecule has 0 saturated carbocycles. The summed E-state index contributed by atoms with van der Waals surface area (Å²) in [6.45, 7) is 14.9. The third-order valence-electron chi connectivity index (χ3n) is 8.57. The van der Waals surface area contributed by atoms with Crippen LogP contribution in [0, 0.1) is 0 Å². The van der Waals surface area contributed by atoms with Crippen molar-refractivity contribution in [1.82, 2.24) is 9.80 Å². The van der Waals surface area contributed by atoms with Gasteiger partial charge in [0.2, 0.25) is 0 Å². The van der Waals surface area contributed by atoms with E-state index in [1.165, 1.54) is 89.9 Å². The summed E-state index contributed by atoms with van der Waals surface area (Å²) in [6.07, 6.45) is 23.0. The highest BCUT2D eigenvalue weighted by molar-refractivity contribution is 5.31. The Morgan fingerprint density at radius 3 is 1.27 bits per heavy atom. The van der Waals surface area contributed by atoms with Crippen LogP contribution in [0.5, 0.6) is 11.5 Å². The second-order valence-corrected chi connectivity index (χ2v) is 12.0. The molecule has 0 aliphatic carbocycles. The SMILES string of the molecule is CCCCCCCCCN(CC)C1CCCOCCCC(N(CC)CCCCCCCCC)Oc2ccc(cc2)O1. The third-order valence-corrected chi connectivity index (χ3v) is 8.57. The summed E-state index contributed by atoms with van der Waals surface area (Å²) in [5.41, 5.74) is 0. The van der Waals surface area contributed by atoms with Crippen molar-refractivity contribution in [1.29, 1.82) is 0 Å². The second kappa shape index (κ2) is 24.2. The smallest absolute Gasteiger partial charge is 0.152 e. The largest absolute Gasteiger partial charge is 0.475 e. The standard InChI is InChI=1S/C36H66N2O3/c1-5-9-11-13-15-17-19-29-37(7-3)35-23-21-31-39-32-22-24-36(41-34-27-25-33(40-35)26-28-34)38(8-4)30-20-18-16-14-12-10-6-2/h25-28,35-36H,5-24,29-32H2,1-4H3. The topological polar surface area (TPSA) is 34.2 Å². The fourth-order valence-corrected chi connectivity index (χ4v) is 5.92. The van der Waals surface area contributed by atoms with Crippen LogP contribution in [0.3, 0.4) is 0 Å². The van der Waals surface area contributed by atoms with Gasteiger partial charge in [-0.2, -0.15) is 0 Å². The third kappa shape index (κ3) is 16.2. The van der Waals surface area contributed by atoms with E-state index in [1.54, 1.807) is 0 Å². The zero-order valence-corrected chi connectivity index (χ0v) is 27.6. The number of hydrogen-bond acceptors (Lipinski definition) is 5. The van der Waals surface area contributed by atoms with Gasteiger partial charge in [0, 0.05) is 39.1 Å². The van der Waals surface area contributed by atoms with Gasteiger partial charge in [-0.1, -0.05) is 105 Å². The van der Waals surface area contributed by atoms with Gasteiger partial charge in [0.05, 0.1) is 0 Å². The molecule has 1 aromatic carbocycles. The first-order valence-electron chi connectivity index (χ1n) is 17.7. The minimum Gasteiger partial charge on any atom is -0.475 e. The fraction of sp³-hybridized carbons (Fsp3) is 0.833. The number of ether oxygens (including phenoxy) is 3. The van der Waals surface area contributed by atoms with E-state index in [1.807, 2.05) is 0 Å². The average molecular weight is 575 g/mol. The molecule has 41 heavy (non-hydrogen) atoms. The molecule has 0 fully saturated rings. The van der Waals surface area contributed by atoms with Crippen LogP contribution in [-0.2, 0) is 4.74 Å². The van der Waals surface area contributed by atoms with Crippen molar-refractivity contribution in [2.75, 3.05) is 39.4 Å². The Balaban J connectivity index is 1.94. The Kier molecular flexibility index (Phi) is 21.2. The van der Waals surface area contributed by atoms with E-state index in [4.69, 9.17) is 14.2 Å². The molecule has 3 rings (SSSR count). The molecule has 2 aliphatic heterocycles. The highest BCUT2D eigenvalue weighted by Crippen LogP contribution is 2.24. The van der Waals surface area contributed by atoms with E-state index in [9.17, 15) is 0 Å². The van der Waals surface area contributed by atoms with Gasteiger partial charge in [-0.25, -0.2) is 0 Å². The molecule has 1 aromatic rings. The Bertz CT molecular complexity index is 654. The maximum absolute atomic E-state index is 6.61.